The van der Waals surface area contributed by atoms with Crippen molar-refractivity contribution in [3.63, 3.8) is 0 Å². The van der Waals surface area contributed by atoms with Crippen LogP contribution in [0.25, 0.3) is 0 Å². The third-order valence-electron chi connectivity index (χ3n) is 2.35. The first-order valence-electron chi connectivity index (χ1n) is 4.20. The van der Waals surface area contributed by atoms with Crippen molar-refractivity contribution in [2.75, 3.05) is 0 Å². The lowest BCUT2D eigenvalue weighted by molar-refractivity contribution is -0.141. The zero-order valence-corrected chi connectivity index (χ0v) is 6.88. The predicted octanol–water partition coefficient (Wildman–Crippen LogP) is 2.63. The van der Waals surface area contributed by atoms with E-state index in [1.54, 1.807) is 0 Å². The van der Waals surface area contributed by atoms with Crippen molar-refractivity contribution in [2.45, 2.75) is 31.5 Å². The summed E-state index contributed by atoms with van der Waals surface area (Å²) in [6.07, 6.45) is 0.0749. The van der Waals surface area contributed by atoms with Gasteiger partial charge in [-0.15, -0.1) is 0 Å². The maximum atomic E-state index is 12.1. The second-order valence-electron chi connectivity index (χ2n) is 3.26. The molecule has 0 bridgehead atoms. The molecule has 0 N–H and O–H groups in total. The number of aromatic nitrogens is 2. The molecule has 1 aromatic heterocycles. The summed E-state index contributed by atoms with van der Waals surface area (Å²) in [7, 11) is 0. The third-order valence-corrected chi connectivity index (χ3v) is 2.35. The SMILES string of the molecule is FC(F)(F)c1ccn(C2CCC2)n1. The molecule has 5 heteroatoms. The van der Waals surface area contributed by atoms with E-state index < -0.39 is 11.9 Å². The molecule has 0 aliphatic heterocycles. The van der Waals surface area contributed by atoms with E-state index in [2.05, 4.69) is 5.10 Å². The van der Waals surface area contributed by atoms with E-state index in [0.717, 1.165) is 25.3 Å². The summed E-state index contributed by atoms with van der Waals surface area (Å²) < 4.78 is 37.8. The van der Waals surface area contributed by atoms with Gasteiger partial charge >= 0.3 is 6.18 Å². The highest BCUT2D eigenvalue weighted by atomic mass is 19.4. The van der Waals surface area contributed by atoms with Crippen molar-refractivity contribution in [3.05, 3.63) is 18.0 Å². The van der Waals surface area contributed by atoms with Gasteiger partial charge < -0.3 is 0 Å². The van der Waals surface area contributed by atoms with Crippen LogP contribution in [0.3, 0.4) is 0 Å². The van der Waals surface area contributed by atoms with Crippen LogP contribution in [-0.2, 0) is 6.18 Å². The highest BCUT2D eigenvalue weighted by molar-refractivity contribution is 5.04. The normalized spacial score (nSPS) is 18.7. The fraction of sp³-hybridized carbons (Fsp3) is 0.625. The van der Waals surface area contributed by atoms with E-state index >= 15 is 0 Å². The molecule has 1 aliphatic rings. The summed E-state index contributed by atoms with van der Waals surface area (Å²) in [6, 6.07) is 1.22. The minimum atomic E-state index is -4.31. The van der Waals surface area contributed by atoms with Crippen LogP contribution in [0.15, 0.2) is 12.3 Å². The van der Waals surface area contributed by atoms with Gasteiger partial charge in [0, 0.05) is 6.20 Å². The van der Waals surface area contributed by atoms with Crippen molar-refractivity contribution in [1.29, 1.82) is 0 Å². The Kier molecular flexibility index (Phi) is 1.82. The first kappa shape index (κ1) is 8.59. The maximum absolute atomic E-state index is 12.1. The molecule has 72 valence electrons. The summed E-state index contributed by atoms with van der Waals surface area (Å²) in [4.78, 5) is 0. The number of alkyl halides is 3. The standard InChI is InChI=1S/C8H9F3N2/c9-8(10,11)7-4-5-13(12-7)6-2-1-3-6/h4-6H,1-3H2. The van der Waals surface area contributed by atoms with Gasteiger partial charge in [0.05, 0.1) is 6.04 Å². The average Bonchev–Trinajstić information content (AvgIpc) is 2.29. The molecule has 0 saturated heterocycles. The summed E-state index contributed by atoms with van der Waals surface area (Å²) in [5, 5.41) is 3.50. The summed E-state index contributed by atoms with van der Waals surface area (Å²) in [6.45, 7) is 0. The molecule has 0 amide bonds. The average molecular weight is 190 g/mol. The van der Waals surface area contributed by atoms with Crippen LogP contribution in [-0.4, -0.2) is 9.78 Å². The van der Waals surface area contributed by atoms with Crippen molar-refractivity contribution >= 4 is 0 Å². The number of hydrogen-bond acceptors (Lipinski definition) is 1. The van der Waals surface area contributed by atoms with E-state index in [1.165, 1.54) is 10.9 Å². The van der Waals surface area contributed by atoms with Gasteiger partial charge in [0.15, 0.2) is 5.69 Å². The molecule has 1 aliphatic carbocycles. The molecular formula is C8H9F3N2. The highest BCUT2D eigenvalue weighted by Crippen LogP contribution is 2.33. The molecule has 0 atom stereocenters. The molecular weight excluding hydrogens is 181 g/mol. The Morgan fingerprint density at radius 1 is 1.38 bits per heavy atom. The Hall–Kier alpha value is -1.00. The van der Waals surface area contributed by atoms with E-state index in [-0.39, 0.29) is 6.04 Å². The molecule has 0 radical (unpaired) electrons. The first-order chi connectivity index (χ1) is 6.07. The summed E-state index contributed by atoms with van der Waals surface area (Å²) >= 11 is 0. The van der Waals surface area contributed by atoms with Gasteiger partial charge in [-0.3, -0.25) is 4.68 Å². The van der Waals surface area contributed by atoms with Gasteiger partial charge in [-0.1, -0.05) is 0 Å². The van der Waals surface area contributed by atoms with Crippen LogP contribution < -0.4 is 0 Å². The Morgan fingerprint density at radius 3 is 2.46 bits per heavy atom. The second-order valence-corrected chi connectivity index (χ2v) is 3.26. The smallest absolute Gasteiger partial charge is 0.269 e. The Labute approximate surface area is 73.4 Å². The lowest BCUT2D eigenvalue weighted by atomic mass is 9.93. The molecule has 1 heterocycles. The van der Waals surface area contributed by atoms with Gasteiger partial charge in [-0.2, -0.15) is 18.3 Å². The molecule has 13 heavy (non-hydrogen) atoms. The molecule has 1 fully saturated rings. The van der Waals surface area contributed by atoms with E-state index in [9.17, 15) is 13.2 Å². The first-order valence-corrected chi connectivity index (χ1v) is 4.20. The van der Waals surface area contributed by atoms with Gasteiger partial charge in [0.1, 0.15) is 0 Å². The molecule has 1 saturated carbocycles. The van der Waals surface area contributed by atoms with E-state index in [4.69, 9.17) is 0 Å². The number of rotatable bonds is 1. The van der Waals surface area contributed by atoms with Gasteiger partial charge in [0.2, 0.25) is 0 Å². The van der Waals surface area contributed by atoms with E-state index in [1.807, 2.05) is 0 Å². The van der Waals surface area contributed by atoms with Crippen molar-refractivity contribution in [2.24, 2.45) is 0 Å². The topological polar surface area (TPSA) is 17.8 Å². The lowest BCUT2D eigenvalue weighted by Crippen LogP contribution is -2.18. The van der Waals surface area contributed by atoms with Crippen LogP contribution in [0.1, 0.15) is 31.0 Å². The molecule has 0 aromatic carbocycles. The monoisotopic (exact) mass is 190 g/mol. The summed E-state index contributed by atoms with van der Waals surface area (Å²) in [5.74, 6) is 0. The van der Waals surface area contributed by atoms with Gasteiger partial charge in [0.25, 0.3) is 0 Å². The largest absolute Gasteiger partial charge is 0.435 e. The Bertz CT molecular complexity index is 299. The molecule has 1 aromatic rings. The maximum Gasteiger partial charge on any atom is 0.435 e. The predicted molar refractivity (Wildman–Crippen MR) is 40.1 cm³/mol. The summed E-state index contributed by atoms with van der Waals surface area (Å²) in [5.41, 5.74) is -0.792. The molecule has 0 spiro atoms. The molecule has 2 rings (SSSR count). The van der Waals surface area contributed by atoms with Crippen molar-refractivity contribution in [1.82, 2.24) is 9.78 Å². The molecule has 2 nitrogen and oxygen atoms in total. The van der Waals surface area contributed by atoms with Gasteiger partial charge in [-0.05, 0) is 25.3 Å². The van der Waals surface area contributed by atoms with Crippen LogP contribution in [0.4, 0.5) is 13.2 Å². The fourth-order valence-electron chi connectivity index (χ4n) is 1.34. The van der Waals surface area contributed by atoms with E-state index in [0.29, 0.717) is 0 Å². The van der Waals surface area contributed by atoms with Gasteiger partial charge in [-0.25, -0.2) is 0 Å². The number of nitrogens with zero attached hydrogens (tertiary/aromatic N) is 2. The quantitative estimate of drug-likeness (QED) is 0.665. The van der Waals surface area contributed by atoms with Crippen LogP contribution in [0.2, 0.25) is 0 Å². The minimum absolute atomic E-state index is 0.191. The third kappa shape index (κ3) is 1.55. The fourth-order valence-corrected chi connectivity index (χ4v) is 1.34. The second kappa shape index (κ2) is 2.75. The van der Waals surface area contributed by atoms with Crippen LogP contribution in [0.5, 0.6) is 0 Å². The zero-order valence-electron chi connectivity index (χ0n) is 6.88. The highest BCUT2D eigenvalue weighted by Gasteiger charge is 2.34. The van der Waals surface area contributed by atoms with Crippen molar-refractivity contribution < 1.29 is 13.2 Å². The Balaban J connectivity index is 2.17. The zero-order chi connectivity index (χ0) is 9.47. The number of halogens is 3. The van der Waals surface area contributed by atoms with Crippen LogP contribution >= 0.6 is 0 Å². The van der Waals surface area contributed by atoms with Crippen LogP contribution in [0, 0.1) is 0 Å². The lowest BCUT2D eigenvalue weighted by Gasteiger charge is -2.25. The number of hydrogen-bond donors (Lipinski definition) is 0. The van der Waals surface area contributed by atoms with Crippen molar-refractivity contribution in [3.8, 4) is 0 Å². The Morgan fingerprint density at radius 2 is 2.08 bits per heavy atom. The molecule has 0 unspecified atom stereocenters. The minimum Gasteiger partial charge on any atom is -0.269 e.